The van der Waals surface area contributed by atoms with Crippen LogP contribution in [0.4, 0.5) is 4.39 Å². The number of H-pyrrole nitrogens is 1. The standard InChI is InChI=1S/C25H26FN5O2/c1-27-25(28-12-11-18-16-29-23-9-4-19(26)13-22(18)23)31-15-17-3-10-24(30-14-17)33-21-7-5-20(32-2)6-8-21/h3-10,13-14,16,29H,11-12,15H2,1-2H3,(H2,27,28,31). The molecule has 0 radical (unpaired) electrons. The molecule has 0 bridgehead atoms. The highest BCUT2D eigenvalue weighted by atomic mass is 19.1. The van der Waals surface area contributed by atoms with Crippen molar-refractivity contribution in [3.05, 3.63) is 83.9 Å². The molecule has 0 atom stereocenters. The minimum Gasteiger partial charge on any atom is -0.497 e. The average Bonchev–Trinajstić information content (AvgIpc) is 3.24. The summed E-state index contributed by atoms with van der Waals surface area (Å²) in [4.78, 5) is 11.8. The third kappa shape index (κ3) is 5.79. The Kier molecular flexibility index (Phi) is 7.04. The highest BCUT2D eigenvalue weighted by Crippen LogP contribution is 2.22. The molecule has 8 heteroatoms. The van der Waals surface area contributed by atoms with Gasteiger partial charge in [-0.25, -0.2) is 9.37 Å². The summed E-state index contributed by atoms with van der Waals surface area (Å²) < 4.78 is 24.5. The maximum absolute atomic E-state index is 13.5. The zero-order chi connectivity index (χ0) is 23.0. The summed E-state index contributed by atoms with van der Waals surface area (Å²) in [5, 5.41) is 7.46. The summed E-state index contributed by atoms with van der Waals surface area (Å²) >= 11 is 0. The van der Waals surface area contributed by atoms with Gasteiger partial charge in [-0.05, 0) is 60.0 Å². The highest BCUT2D eigenvalue weighted by molar-refractivity contribution is 5.83. The zero-order valence-electron chi connectivity index (χ0n) is 18.6. The lowest BCUT2D eigenvalue weighted by Crippen LogP contribution is -2.37. The van der Waals surface area contributed by atoms with Gasteiger partial charge in [0.1, 0.15) is 17.3 Å². The molecule has 4 aromatic rings. The van der Waals surface area contributed by atoms with Crippen LogP contribution in [0, 0.1) is 5.82 Å². The zero-order valence-corrected chi connectivity index (χ0v) is 18.6. The molecule has 33 heavy (non-hydrogen) atoms. The number of methoxy groups -OCH3 is 1. The van der Waals surface area contributed by atoms with E-state index in [-0.39, 0.29) is 5.82 Å². The Hall–Kier alpha value is -4.07. The van der Waals surface area contributed by atoms with Crippen molar-refractivity contribution in [3.63, 3.8) is 0 Å². The second-order valence-electron chi connectivity index (χ2n) is 7.39. The molecular weight excluding hydrogens is 421 g/mol. The number of aliphatic imine (C=N–C) groups is 1. The Morgan fingerprint density at radius 2 is 1.88 bits per heavy atom. The molecule has 0 aliphatic rings. The van der Waals surface area contributed by atoms with Crippen LogP contribution in [0.5, 0.6) is 17.4 Å². The van der Waals surface area contributed by atoms with Gasteiger partial charge >= 0.3 is 0 Å². The lowest BCUT2D eigenvalue weighted by Gasteiger charge is -2.12. The van der Waals surface area contributed by atoms with Crippen molar-refractivity contribution >= 4 is 16.9 Å². The molecule has 0 aliphatic carbocycles. The fourth-order valence-corrected chi connectivity index (χ4v) is 3.42. The maximum atomic E-state index is 13.5. The molecule has 0 amide bonds. The van der Waals surface area contributed by atoms with Gasteiger partial charge in [-0.3, -0.25) is 4.99 Å². The molecule has 4 rings (SSSR count). The second-order valence-corrected chi connectivity index (χ2v) is 7.39. The molecule has 0 unspecified atom stereocenters. The summed E-state index contributed by atoms with van der Waals surface area (Å²) in [7, 11) is 3.35. The predicted octanol–water partition coefficient (Wildman–Crippen LogP) is 4.41. The molecule has 7 nitrogen and oxygen atoms in total. The van der Waals surface area contributed by atoms with Gasteiger partial charge in [0.15, 0.2) is 5.96 Å². The number of benzene rings is 2. The largest absolute Gasteiger partial charge is 0.497 e. The molecule has 0 saturated heterocycles. The summed E-state index contributed by atoms with van der Waals surface area (Å²) in [6, 6.07) is 15.9. The molecule has 170 valence electrons. The fourth-order valence-electron chi connectivity index (χ4n) is 3.42. The van der Waals surface area contributed by atoms with E-state index in [1.807, 2.05) is 42.6 Å². The number of nitrogens with one attached hydrogen (secondary N) is 3. The van der Waals surface area contributed by atoms with Crippen LogP contribution >= 0.6 is 0 Å². The number of hydrogen-bond acceptors (Lipinski definition) is 4. The average molecular weight is 448 g/mol. The van der Waals surface area contributed by atoms with Gasteiger partial charge in [0.2, 0.25) is 5.88 Å². The minimum atomic E-state index is -0.234. The fraction of sp³-hybridized carbons (Fsp3) is 0.200. The molecule has 0 spiro atoms. The van der Waals surface area contributed by atoms with E-state index < -0.39 is 0 Å². The van der Waals surface area contributed by atoms with Crippen LogP contribution in [0.1, 0.15) is 11.1 Å². The number of pyridine rings is 1. The van der Waals surface area contributed by atoms with Crippen molar-refractivity contribution in [2.45, 2.75) is 13.0 Å². The molecule has 2 heterocycles. The normalized spacial score (nSPS) is 11.4. The Labute approximate surface area is 191 Å². The highest BCUT2D eigenvalue weighted by Gasteiger charge is 2.06. The van der Waals surface area contributed by atoms with Crippen molar-refractivity contribution in [2.24, 2.45) is 4.99 Å². The quantitative estimate of drug-likeness (QED) is 0.275. The number of aromatic nitrogens is 2. The van der Waals surface area contributed by atoms with Crippen LogP contribution in [0.2, 0.25) is 0 Å². The number of guanidine groups is 1. The first kappa shape index (κ1) is 22.1. The molecule has 0 aliphatic heterocycles. The van der Waals surface area contributed by atoms with Gasteiger partial charge in [-0.1, -0.05) is 6.07 Å². The lowest BCUT2D eigenvalue weighted by molar-refractivity contribution is 0.412. The van der Waals surface area contributed by atoms with Gasteiger partial charge in [0.25, 0.3) is 0 Å². The summed E-state index contributed by atoms with van der Waals surface area (Å²) in [5.74, 6) is 2.43. The van der Waals surface area contributed by atoms with Crippen LogP contribution in [-0.2, 0) is 13.0 Å². The number of halogens is 1. The van der Waals surface area contributed by atoms with Gasteiger partial charge in [0.05, 0.1) is 7.11 Å². The van der Waals surface area contributed by atoms with Gasteiger partial charge in [-0.15, -0.1) is 0 Å². The number of fused-ring (bicyclic) bond motifs is 1. The summed E-state index contributed by atoms with van der Waals surface area (Å²) in [6.45, 7) is 1.23. The molecule has 3 N–H and O–H groups in total. The van der Waals surface area contributed by atoms with Crippen LogP contribution < -0.4 is 20.1 Å². The Bertz CT molecular complexity index is 1220. The van der Waals surface area contributed by atoms with E-state index in [4.69, 9.17) is 9.47 Å². The first-order valence-corrected chi connectivity index (χ1v) is 10.6. The van der Waals surface area contributed by atoms with E-state index in [0.717, 1.165) is 34.2 Å². The number of ether oxygens (including phenoxy) is 2. The van der Waals surface area contributed by atoms with Crippen molar-refractivity contribution in [2.75, 3.05) is 20.7 Å². The number of rotatable bonds is 8. The van der Waals surface area contributed by atoms with E-state index in [2.05, 4.69) is 25.6 Å². The van der Waals surface area contributed by atoms with Gasteiger partial charge in [-0.2, -0.15) is 0 Å². The van der Waals surface area contributed by atoms with E-state index >= 15 is 0 Å². The van der Waals surface area contributed by atoms with E-state index in [0.29, 0.717) is 30.7 Å². The third-order valence-electron chi connectivity index (χ3n) is 5.18. The van der Waals surface area contributed by atoms with Crippen LogP contribution in [0.25, 0.3) is 10.9 Å². The first-order valence-electron chi connectivity index (χ1n) is 10.6. The monoisotopic (exact) mass is 447 g/mol. The molecule has 2 aromatic heterocycles. The smallest absolute Gasteiger partial charge is 0.219 e. The Balaban J connectivity index is 1.25. The first-order chi connectivity index (χ1) is 16.1. The van der Waals surface area contributed by atoms with E-state index in [1.54, 1.807) is 32.5 Å². The summed E-state index contributed by atoms with van der Waals surface area (Å²) in [5.41, 5.74) is 2.98. The molecule has 0 saturated carbocycles. The van der Waals surface area contributed by atoms with Crippen molar-refractivity contribution in [3.8, 4) is 17.4 Å². The second kappa shape index (κ2) is 10.5. The predicted molar refractivity (Wildman–Crippen MR) is 127 cm³/mol. The Morgan fingerprint density at radius 3 is 2.61 bits per heavy atom. The summed E-state index contributed by atoms with van der Waals surface area (Å²) in [6.07, 6.45) is 4.42. The lowest BCUT2D eigenvalue weighted by atomic mass is 10.1. The van der Waals surface area contributed by atoms with Gasteiger partial charge in [0, 0.05) is 49.5 Å². The van der Waals surface area contributed by atoms with Crippen LogP contribution in [-0.4, -0.2) is 36.6 Å². The SMILES string of the molecule is CN=C(NCCc1c[nH]c2ccc(F)cc12)NCc1ccc(Oc2ccc(OC)cc2)nc1. The van der Waals surface area contributed by atoms with Crippen molar-refractivity contribution < 1.29 is 13.9 Å². The minimum absolute atomic E-state index is 0.234. The van der Waals surface area contributed by atoms with Crippen LogP contribution in [0.15, 0.2) is 72.0 Å². The molecular formula is C25H26FN5O2. The van der Waals surface area contributed by atoms with Crippen molar-refractivity contribution in [1.29, 1.82) is 0 Å². The third-order valence-corrected chi connectivity index (χ3v) is 5.18. The van der Waals surface area contributed by atoms with E-state index in [1.165, 1.54) is 6.07 Å². The number of hydrogen-bond donors (Lipinski definition) is 3. The van der Waals surface area contributed by atoms with E-state index in [9.17, 15) is 4.39 Å². The molecule has 2 aromatic carbocycles. The van der Waals surface area contributed by atoms with Crippen molar-refractivity contribution in [1.82, 2.24) is 20.6 Å². The molecule has 0 fully saturated rings. The topological polar surface area (TPSA) is 83.6 Å². The van der Waals surface area contributed by atoms with Gasteiger partial charge < -0.3 is 25.1 Å². The maximum Gasteiger partial charge on any atom is 0.219 e. The Morgan fingerprint density at radius 1 is 1.06 bits per heavy atom. The number of aromatic amines is 1. The number of nitrogens with zero attached hydrogens (tertiary/aromatic N) is 2. The van der Waals surface area contributed by atoms with Crippen LogP contribution in [0.3, 0.4) is 0 Å².